The Morgan fingerprint density at radius 3 is 2.79 bits per heavy atom. The number of piperidine rings is 2. The molecule has 0 spiro atoms. The number of benzene rings is 2. The third kappa shape index (κ3) is 5.41. The molecule has 0 radical (unpaired) electrons. The minimum Gasteiger partial charge on any atom is -0.489 e. The van der Waals surface area contributed by atoms with Crippen LogP contribution in [0.25, 0.3) is 10.9 Å². The molecule has 0 saturated carbocycles. The van der Waals surface area contributed by atoms with Crippen molar-refractivity contribution in [2.45, 2.75) is 57.7 Å². The number of carbonyl (C=O) groups is 1. The van der Waals surface area contributed by atoms with E-state index in [1.165, 1.54) is 45.2 Å². The highest BCUT2D eigenvalue weighted by Gasteiger charge is 2.32. The van der Waals surface area contributed by atoms with Gasteiger partial charge >= 0.3 is 0 Å². The van der Waals surface area contributed by atoms with Crippen LogP contribution in [-0.4, -0.2) is 41.1 Å². The second-order valence-corrected chi connectivity index (χ2v) is 9.56. The summed E-state index contributed by atoms with van der Waals surface area (Å²) in [5.74, 6) is 1.64. The number of aryl methyl sites for hydroxylation is 1. The summed E-state index contributed by atoms with van der Waals surface area (Å²) in [6.45, 7) is 4.57. The minimum absolute atomic E-state index is 0.160. The molecular formula is C28H35N3O2. The van der Waals surface area contributed by atoms with E-state index in [1.54, 1.807) is 0 Å². The van der Waals surface area contributed by atoms with Crippen LogP contribution in [-0.2, 0) is 17.9 Å². The predicted molar refractivity (Wildman–Crippen MR) is 132 cm³/mol. The van der Waals surface area contributed by atoms with Gasteiger partial charge in [-0.15, -0.1) is 0 Å². The zero-order valence-corrected chi connectivity index (χ0v) is 19.4. The summed E-state index contributed by atoms with van der Waals surface area (Å²) in [6.07, 6.45) is 9.07. The number of carbonyl (C=O) groups excluding carboxylic acids is 1. The number of nitrogens with zero attached hydrogens (tertiary/aromatic N) is 2. The second-order valence-electron chi connectivity index (χ2n) is 9.56. The van der Waals surface area contributed by atoms with Gasteiger partial charge in [-0.2, -0.15) is 0 Å². The maximum absolute atomic E-state index is 12.6. The molecule has 0 aliphatic carbocycles. The molecule has 2 aliphatic heterocycles. The quantitative estimate of drug-likeness (QED) is 0.531. The first-order chi connectivity index (χ1) is 16.3. The van der Waals surface area contributed by atoms with Gasteiger partial charge in [0.2, 0.25) is 5.91 Å². The van der Waals surface area contributed by atoms with Crippen molar-refractivity contribution in [2.75, 3.05) is 19.6 Å². The molecule has 3 aromatic rings. The maximum atomic E-state index is 12.6. The standard InChI is InChI=1S/C28H35N3O2/c32-28(29-20-24-9-6-16-30-15-5-4-10-26(24)30)14-18-31-17-13-23-19-25(11-12-27(23)31)33-21-22-7-2-1-3-8-22/h1-3,7-8,11-13,17,19,24,26H,4-6,9-10,14-16,18,20-21H2,(H,29,32). The fourth-order valence-electron chi connectivity index (χ4n) is 5.57. The Balaban J connectivity index is 1.11. The average Bonchev–Trinajstić information content (AvgIpc) is 3.28. The van der Waals surface area contributed by atoms with Crippen LogP contribution in [0.2, 0.25) is 0 Å². The summed E-state index contributed by atoms with van der Waals surface area (Å²) >= 11 is 0. The number of amides is 1. The van der Waals surface area contributed by atoms with Crippen LogP contribution >= 0.6 is 0 Å². The summed E-state index contributed by atoms with van der Waals surface area (Å²) < 4.78 is 8.12. The molecule has 3 heterocycles. The zero-order chi connectivity index (χ0) is 22.5. The van der Waals surface area contributed by atoms with E-state index in [2.05, 4.69) is 51.3 Å². The summed E-state index contributed by atoms with van der Waals surface area (Å²) in [7, 11) is 0. The first-order valence-corrected chi connectivity index (χ1v) is 12.5. The largest absolute Gasteiger partial charge is 0.489 e. The molecule has 5 nitrogen and oxygen atoms in total. The van der Waals surface area contributed by atoms with E-state index >= 15 is 0 Å². The van der Waals surface area contributed by atoms with Gasteiger partial charge in [0.25, 0.3) is 0 Å². The molecule has 174 valence electrons. The van der Waals surface area contributed by atoms with Gasteiger partial charge in [-0.05, 0) is 74.5 Å². The molecule has 2 saturated heterocycles. The van der Waals surface area contributed by atoms with Crippen molar-refractivity contribution in [1.82, 2.24) is 14.8 Å². The number of hydrogen-bond donors (Lipinski definition) is 1. The summed E-state index contributed by atoms with van der Waals surface area (Å²) in [5.41, 5.74) is 2.30. The lowest BCUT2D eigenvalue weighted by Gasteiger charge is -2.44. The van der Waals surface area contributed by atoms with Crippen LogP contribution in [0.1, 0.15) is 44.1 Å². The zero-order valence-electron chi connectivity index (χ0n) is 19.4. The van der Waals surface area contributed by atoms with Crippen molar-refractivity contribution in [3.05, 3.63) is 66.4 Å². The third-order valence-corrected chi connectivity index (χ3v) is 7.36. The summed E-state index contributed by atoms with van der Waals surface area (Å²) in [5, 5.41) is 4.38. The number of rotatable bonds is 8. The number of aromatic nitrogens is 1. The van der Waals surface area contributed by atoms with Gasteiger partial charge in [-0.3, -0.25) is 4.79 Å². The Hall–Kier alpha value is -2.79. The van der Waals surface area contributed by atoms with Gasteiger partial charge in [-0.25, -0.2) is 0 Å². The van der Waals surface area contributed by atoms with E-state index in [0.717, 1.165) is 28.8 Å². The smallest absolute Gasteiger partial charge is 0.221 e. The van der Waals surface area contributed by atoms with Crippen LogP contribution in [0.4, 0.5) is 0 Å². The fourth-order valence-corrected chi connectivity index (χ4v) is 5.57. The molecule has 1 amide bonds. The van der Waals surface area contributed by atoms with E-state index in [-0.39, 0.29) is 5.91 Å². The molecule has 2 atom stereocenters. The van der Waals surface area contributed by atoms with E-state index in [4.69, 9.17) is 4.74 Å². The van der Waals surface area contributed by atoms with Gasteiger partial charge in [-0.1, -0.05) is 36.8 Å². The summed E-state index contributed by atoms with van der Waals surface area (Å²) in [6, 6.07) is 19.2. The second kappa shape index (κ2) is 10.4. The van der Waals surface area contributed by atoms with Gasteiger partial charge in [0.15, 0.2) is 0 Å². The lowest BCUT2D eigenvalue weighted by molar-refractivity contribution is -0.121. The molecule has 2 aromatic carbocycles. The van der Waals surface area contributed by atoms with Gasteiger partial charge in [0.05, 0.1) is 0 Å². The first kappa shape index (κ1) is 22.0. The van der Waals surface area contributed by atoms with Gasteiger partial charge in [0, 0.05) is 42.7 Å². The molecule has 0 bridgehead atoms. The Labute approximate surface area is 196 Å². The SMILES string of the molecule is O=C(CCn1ccc2cc(OCc3ccccc3)ccc21)NCC1CCCN2CCCCC12. The highest BCUT2D eigenvalue weighted by Crippen LogP contribution is 2.30. The van der Waals surface area contributed by atoms with E-state index in [0.29, 0.717) is 31.5 Å². The summed E-state index contributed by atoms with van der Waals surface area (Å²) in [4.78, 5) is 15.3. The van der Waals surface area contributed by atoms with Crippen LogP contribution < -0.4 is 10.1 Å². The maximum Gasteiger partial charge on any atom is 0.221 e. The Bertz CT molecular complexity index is 1060. The average molecular weight is 446 g/mol. The Kier molecular flexibility index (Phi) is 6.96. The van der Waals surface area contributed by atoms with E-state index in [1.807, 2.05) is 24.3 Å². The van der Waals surface area contributed by atoms with Crippen molar-refractivity contribution in [3.63, 3.8) is 0 Å². The molecule has 5 rings (SSSR count). The predicted octanol–water partition coefficient (Wildman–Crippen LogP) is 4.99. The molecule has 2 unspecified atom stereocenters. The van der Waals surface area contributed by atoms with Gasteiger partial charge in [0.1, 0.15) is 12.4 Å². The minimum atomic E-state index is 0.160. The highest BCUT2D eigenvalue weighted by atomic mass is 16.5. The third-order valence-electron chi connectivity index (χ3n) is 7.36. The molecule has 33 heavy (non-hydrogen) atoms. The van der Waals surface area contributed by atoms with E-state index in [9.17, 15) is 4.79 Å². The molecular weight excluding hydrogens is 410 g/mol. The normalized spacial score (nSPS) is 21.0. The first-order valence-electron chi connectivity index (χ1n) is 12.5. The highest BCUT2D eigenvalue weighted by molar-refractivity contribution is 5.82. The Morgan fingerprint density at radius 2 is 1.88 bits per heavy atom. The number of nitrogens with one attached hydrogen (secondary N) is 1. The van der Waals surface area contributed by atoms with Gasteiger partial charge < -0.3 is 19.5 Å². The fraction of sp³-hybridized carbons (Fsp3) is 0.464. The lowest BCUT2D eigenvalue weighted by Crippen LogP contribution is -2.51. The molecule has 2 aliphatic rings. The number of fused-ring (bicyclic) bond motifs is 2. The van der Waals surface area contributed by atoms with Crippen molar-refractivity contribution in [2.24, 2.45) is 5.92 Å². The van der Waals surface area contributed by atoms with Crippen LogP contribution in [0.15, 0.2) is 60.8 Å². The molecule has 1 aromatic heterocycles. The molecule has 1 N–H and O–H groups in total. The van der Waals surface area contributed by atoms with Crippen molar-refractivity contribution < 1.29 is 9.53 Å². The topological polar surface area (TPSA) is 46.5 Å². The van der Waals surface area contributed by atoms with E-state index < -0.39 is 0 Å². The Morgan fingerprint density at radius 1 is 1.00 bits per heavy atom. The van der Waals surface area contributed by atoms with Crippen molar-refractivity contribution in [3.8, 4) is 5.75 Å². The van der Waals surface area contributed by atoms with Crippen LogP contribution in [0.5, 0.6) is 5.75 Å². The van der Waals surface area contributed by atoms with Crippen LogP contribution in [0, 0.1) is 5.92 Å². The number of hydrogen-bond acceptors (Lipinski definition) is 3. The van der Waals surface area contributed by atoms with Crippen molar-refractivity contribution >= 4 is 16.8 Å². The van der Waals surface area contributed by atoms with Crippen LogP contribution in [0.3, 0.4) is 0 Å². The molecule has 5 heteroatoms. The number of ether oxygens (including phenoxy) is 1. The van der Waals surface area contributed by atoms with Crippen molar-refractivity contribution in [1.29, 1.82) is 0 Å². The monoisotopic (exact) mass is 445 g/mol. The molecule has 2 fully saturated rings. The lowest BCUT2D eigenvalue weighted by atomic mass is 9.83.